The Kier molecular flexibility index (Phi) is 5.20. The summed E-state index contributed by atoms with van der Waals surface area (Å²) in [5.74, 6) is 0.122. The molecule has 1 heterocycles. The van der Waals surface area contributed by atoms with Gasteiger partial charge in [0.2, 0.25) is 5.69 Å². The van der Waals surface area contributed by atoms with Gasteiger partial charge in [-0.05, 0) is 25.1 Å². The van der Waals surface area contributed by atoms with Crippen molar-refractivity contribution in [2.24, 2.45) is 0 Å². The molecule has 126 valence electrons. The first-order valence-electron chi connectivity index (χ1n) is 7.58. The lowest BCUT2D eigenvalue weighted by Crippen LogP contribution is -2.12. The van der Waals surface area contributed by atoms with Crippen molar-refractivity contribution in [1.29, 1.82) is 0 Å². The highest BCUT2D eigenvalue weighted by Crippen LogP contribution is 2.26. The number of ether oxygens (including phenoxy) is 2. The third-order valence-corrected chi connectivity index (χ3v) is 3.40. The molecular weight excluding hydrogens is 342 g/mol. The summed E-state index contributed by atoms with van der Waals surface area (Å²) in [7, 11) is 0. The molecule has 6 nitrogen and oxygen atoms in total. The lowest BCUT2D eigenvalue weighted by atomic mass is 10.2. The number of benzene rings is 2. The van der Waals surface area contributed by atoms with Gasteiger partial charge in [0.1, 0.15) is 5.75 Å². The van der Waals surface area contributed by atoms with Crippen LogP contribution in [0.1, 0.15) is 17.4 Å². The highest BCUT2D eigenvalue weighted by atomic mass is 35.5. The molecule has 7 heteroatoms. The molecule has 0 bridgehead atoms. The Bertz CT molecular complexity index is 888. The van der Waals surface area contributed by atoms with Gasteiger partial charge in [0, 0.05) is 10.6 Å². The van der Waals surface area contributed by atoms with Crippen molar-refractivity contribution in [1.82, 2.24) is 15.2 Å². The van der Waals surface area contributed by atoms with Crippen LogP contribution in [0.5, 0.6) is 11.6 Å². The van der Waals surface area contributed by atoms with Gasteiger partial charge in [0.15, 0.2) is 5.82 Å². The fraction of sp³-hybridized carbons (Fsp3) is 0.111. The molecule has 25 heavy (non-hydrogen) atoms. The average molecular weight is 356 g/mol. The van der Waals surface area contributed by atoms with Gasteiger partial charge in [-0.15, -0.1) is 10.2 Å². The Morgan fingerprint density at radius 3 is 2.60 bits per heavy atom. The quantitative estimate of drug-likeness (QED) is 0.640. The molecular formula is C18H14ClN3O3. The van der Waals surface area contributed by atoms with Crippen molar-refractivity contribution < 1.29 is 14.3 Å². The molecule has 0 saturated heterocycles. The molecule has 0 radical (unpaired) electrons. The molecule has 0 saturated carbocycles. The van der Waals surface area contributed by atoms with Crippen LogP contribution in [-0.4, -0.2) is 27.8 Å². The summed E-state index contributed by atoms with van der Waals surface area (Å²) in [6, 6.07) is 16.0. The molecule has 3 rings (SSSR count). The highest BCUT2D eigenvalue weighted by molar-refractivity contribution is 6.30. The first kappa shape index (κ1) is 16.9. The molecule has 0 aliphatic carbocycles. The zero-order valence-electron chi connectivity index (χ0n) is 13.3. The van der Waals surface area contributed by atoms with Crippen molar-refractivity contribution in [2.75, 3.05) is 6.61 Å². The second-order valence-electron chi connectivity index (χ2n) is 4.94. The van der Waals surface area contributed by atoms with Crippen molar-refractivity contribution in [3.05, 3.63) is 65.3 Å². The van der Waals surface area contributed by atoms with Crippen LogP contribution in [-0.2, 0) is 4.74 Å². The fourth-order valence-electron chi connectivity index (χ4n) is 2.06. The van der Waals surface area contributed by atoms with E-state index in [0.717, 1.165) is 5.56 Å². The van der Waals surface area contributed by atoms with Gasteiger partial charge in [-0.2, -0.15) is 4.98 Å². The Morgan fingerprint density at radius 1 is 1.08 bits per heavy atom. The number of rotatable bonds is 5. The molecule has 3 aromatic rings. The van der Waals surface area contributed by atoms with Gasteiger partial charge < -0.3 is 9.47 Å². The van der Waals surface area contributed by atoms with E-state index in [9.17, 15) is 4.79 Å². The number of esters is 1. The third kappa shape index (κ3) is 4.10. The minimum atomic E-state index is -0.654. The normalized spacial score (nSPS) is 10.3. The van der Waals surface area contributed by atoms with Crippen molar-refractivity contribution >= 4 is 17.6 Å². The second kappa shape index (κ2) is 7.72. The smallest absolute Gasteiger partial charge is 0.364 e. The van der Waals surface area contributed by atoms with E-state index in [1.165, 1.54) is 0 Å². The van der Waals surface area contributed by atoms with E-state index < -0.39 is 5.97 Å². The van der Waals surface area contributed by atoms with E-state index in [2.05, 4.69) is 15.2 Å². The summed E-state index contributed by atoms with van der Waals surface area (Å²) < 4.78 is 10.7. The van der Waals surface area contributed by atoms with Gasteiger partial charge >= 0.3 is 5.97 Å². The molecule has 0 aliphatic heterocycles. The summed E-state index contributed by atoms with van der Waals surface area (Å²) in [6.07, 6.45) is 0. The van der Waals surface area contributed by atoms with Crippen molar-refractivity contribution in [3.8, 4) is 23.0 Å². The predicted octanol–water partition coefficient (Wildman–Crippen LogP) is 4.16. The minimum absolute atomic E-state index is 0.00886. The number of halogens is 1. The van der Waals surface area contributed by atoms with Gasteiger partial charge in [0.25, 0.3) is 5.88 Å². The summed E-state index contributed by atoms with van der Waals surface area (Å²) in [4.78, 5) is 16.4. The van der Waals surface area contributed by atoms with Crippen LogP contribution in [0, 0.1) is 0 Å². The lowest BCUT2D eigenvalue weighted by Gasteiger charge is -2.10. The van der Waals surface area contributed by atoms with E-state index in [0.29, 0.717) is 16.6 Å². The van der Waals surface area contributed by atoms with E-state index >= 15 is 0 Å². The average Bonchev–Trinajstić information content (AvgIpc) is 2.62. The lowest BCUT2D eigenvalue weighted by molar-refractivity contribution is 0.0514. The van der Waals surface area contributed by atoms with E-state index in [1.54, 1.807) is 31.2 Å². The predicted molar refractivity (Wildman–Crippen MR) is 92.7 cm³/mol. The number of carbonyl (C=O) groups excluding carboxylic acids is 1. The zero-order valence-corrected chi connectivity index (χ0v) is 14.1. The Hall–Kier alpha value is -2.99. The maximum absolute atomic E-state index is 12.1. The van der Waals surface area contributed by atoms with Crippen LogP contribution in [0.2, 0.25) is 5.02 Å². The fourth-order valence-corrected chi connectivity index (χ4v) is 2.24. The number of carbonyl (C=O) groups is 1. The van der Waals surface area contributed by atoms with E-state index in [4.69, 9.17) is 21.1 Å². The maximum Gasteiger partial charge on any atom is 0.364 e. The molecule has 0 N–H and O–H groups in total. The molecule has 0 spiro atoms. The van der Waals surface area contributed by atoms with Crippen LogP contribution in [0.3, 0.4) is 0 Å². The largest absolute Gasteiger partial charge is 0.461 e. The molecule has 0 unspecified atom stereocenters. The first-order chi connectivity index (χ1) is 12.2. The number of hydrogen-bond donors (Lipinski definition) is 0. The zero-order chi connectivity index (χ0) is 17.6. The first-order valence-corrected chi connectivity index (χ1v) is 7.96. The molecule has 0 atom stereocenters. The summed E-state index contributed by atoms with van der Waals surface area (Å²) in [5.41, 5.74) is 0.655. The van der Waals surface area contributed by atoms with Crippen LogP contribution in [0.15, 0.2) is 54.6 Å². The number of aromatic nitrogens is 3. The summed E-state index contributed by atoms with van der Waals surface area (Å²) in [5, 5.41) is 8.45. The molecule has 1 aromatic heterocycles. The van der Waals surface area contributed by atoms with Crippen molar-refractivity contribution in [3.63, 3.8) is 0 Å². The van der Waals surface area contributed by atoms with E-state index in [-0.39, 0.29) is 18.2 Å². The topological polar surface area (TPSA) is 74.2 Å². The van der Waals surface area contributed by atoms with Gasteiger partial charge in [0.05, 0.1) is 6.61 Å². The summed E-state index contributed by atoms with van der Waals surface area (Å²) in [6.45, 7) is 1.91. The van der Waals surface area contributed by atoms with Crippen molar-refractivity contribution in [2.45, 2.75) is 6.92 Å². The molecule has 0 fully saturated rings. The summed E-state index contributed by atoms with van der Waals surface area (Å²) >= 11 is 5.97. The molecule has 0 aliphatic rings. The monoisotopic (exact) mass is 355 g/mol. The number of nitrogens with zero attached hydrogens (tertiary/aromatic N) is 3. The number of hydrogen-bond acceptors (Lipinski definition) is 6. The minimum Gasteiger partial charge on any atom is -0.461 e. The second-order valence-corrected chi connectivity index (χ2v) is 5.37. The Balaban J connectivity index is 2.02. The van der Waals surface area contributed by atoms with E-state index in [1.807, 2.05) is 30.3 Å². The van der Waals surface area contributed by atoms with Crippen LogP contribution in [0.25, 0.3) is 11.4 Å². The van der Waals surface area contributed by atoms with Gasteiger partial charge in [-0.25, -0.2) is 4.79 Å². The Labute approximate surface area is 149 Å². The van der Waals surface area contributed by atoms with Crippen LogP contribution >= 0.6 is 11.6 Å². The van der Waals surface area contributed by atoms with Crippen LogP contribution < -0.4 is 4.74 Å². The molecule has 2 aromatic carbocycles. The van der Waals surface area contributed by atoms with Gasteiger partial charge in [-0.3, -0.25) is 0 Å². The van der Waals surface area contributed by atoms with Crippen LogP contribution in [0.4, 0.5) is 0 Å². The standard InChI is InChI=1S/C18H14ClN3O3/c1-2-24-18(23)15-17(25-14-10-6-9-13(19)11-14)20-16(22-21-15)12-7-4-3-5-8-12/h3-11H,2H2,1H3. The highest BCUT2D eigenvalue weighted by Gasteiger charge is 2.21. The Morgan fingerprint density at radius 2 is 1.88 bits per heavy atom. The maximum atomic E-state index is 12.1. The van der Waals surface area contributed by atoms with Gasteiger partial charge in [-0.1, -0.05) is 48.0 Å². The SMILES string of the molecule is CCOC(=O)c1nnc(-c2ccccc2)nc1Oc1cccc(Cl)c1. The molecule has 0 amide bonds. The third-order valence-electron chi connectivity index (χ3n) is 3.17.